The van der Waals surface area contributed by atoms with Gasteiger partial charge in [-0.25, -0.2) is 5.06 Å². The lowest BCUT2D eigenvalue weighted by Gasteiger charge is -2.34. The van der Waals surface area contributed by atoms with Gasteiger partial charge in [0.05, 0.1) is 12.5 Å². The van der Waals surface area contributed by atoms with Gasteiger partial charge in [0.1, 0.15) is 6.04 Å². The van der Waals surface area contributed by atoms with E-state index in [4.69, 9.17) is 0 Å². The molecule has 1 unspecified atom stereocenters. The fraction of sp³-hybridized carbons (Fsp3) is 0.571. The van der Waals surface area contributed by atoms with Crippen LogP contribution in [0.1, 0.15) is 47.1 Å². The molecule has 0 spiro atoms. The molecule has 0 aliphatic heterocycles. The summed E-state index contributed by atoms with van der Waals surface area (Å²) in [5, 5.41) is 15.8. The number of nitrogens with zero attached hydrogens (tertiary/aromatic N) is 1. The van der Waals surface area contributed by atoms with E-state index in [0.717, 1.165) is 5.56 Å². The predicted octanol–water partition coefficient (Wildman–Crippen LogP) is 2.14. The standard InChI is InChI=1S/C21H33N3O4/c1-20(2,3)17(19(27)23-21(4,5)6)22-18(26)16(13-24(28)14-25)12-15-10-8-7-9-11-15/h7-11,14,16-17,28H,12-13H2,1-6H3,(H,22,26)(H,23,27)/t16?,17-/m1/s1. The second kappa shape index (κ2) is 9.68. The van der Waals surface area contributed by atoms with Gasteiger partial charge in [-0.3, -0.25) is 19.6 Å². The molecule has 1 aromatic rings. The summed E-state index contributed by atoms with van der Waals surface area (Å²) in [4.78, 5) is 36.6. The fourth-order valence-corrected chi connectivity index (χ4v) is 2.78. The van der Waals surface area contributed by atoms with Gasteiger partial charge < -0.3 is 10.6 Å². The molecule has 1 rings (SSSR count). The Kier molecular flexibility index (Phi) is 8.17. The molecule has 0 radical (unpaired) electrons. The molecule has 0 aromatic heterocycles. The molecule has 28 heavy (non-hydrogen) atoms. The summed E-state index contributed by atoms with van der Waals surface area (Å²) in [5.41, 5.74) is -0.0616. The van der Waals surface area contributed by atoms with Gasteiger partial charge in [0.15, 0.2) is 0 Å². The number of rotatable bonds is 8. The molecule has 3 amide bonds. The van der Waals surface area contributed by atoms with Crippen molar-refractivity contribution in [2.75, 3.05) is 6.54 Å². The van der Waals surface area contributed by atoms with E-state index in [1.54, 1.807) is 0 Å². The Balaban J connectivity index is 3.03. The number of benzene rings is 1. The van der Waals surface area contributed by atoms with Crippen LogP contribution in [0.4, 0.5) is 0 Å². The molecule has 0 aliphatic carbocycles. The minimum atomic E-state index is -0.763. The average Bonchev–Trinajstić information content (AvgIpc) is 2.56. The highest BCUT2D eigenvalue weighted by atomic mass is 16.5. The maximum atomic E-state index is 13.0. The number of hydrogen-bond acceptors (Lipinski definition) is 4. The molecule has 156 valence electrons. The van der Waals surface area contributed by atoms with E-state index in [2.05, 4.69) is 10.6 Å². The molecular formula is C21H33N3O4. The van der Waals surface area contributed by atoms with Gasteiger partial charge in [-0.2, -0.15) is 0 Å². The first-order valence-electron chi connectivity index (χ1n) is 9.40. The molecule has 0 saturated heterocycles. The molecule has 1 aromatic carbocycles. The summed E-state index contributed by atoms with van der Waals surface area (Å²) in [6.07, 6.45) is 0.591. The highest BCUT2D eigenvalue weighted by Gasteiger charge is 2.36. The second-order valence-electron chi connectivity index (χ2n) is 9.16. The molecule has 3 N–H and O–H groups in total. The third-order valence-electron chi connectivity index (χ3n) is 4.14. The topological polar surface area (TPSA) is 98.7 Å². The summed E-state index contributed by atoms with van der Waals surface area (Å²) in [7, 11) is 0. The number of nitrogens with one attached hydrogen (secondary N) is 2. The van der Waals surface area contributed by atoms with Crippen molar-refractivity contribution in [3.05, 3.63) is 35.9 Å². The van der Waals surface area contributed by atoms with E-state index in [0.29, 0.717) is 11.5 Å². The van der Waals surface area contributed by atoms with Gasteiger partial charge in [0.2, 0.25) is 18.2 Å². The molecule has 0 bridgehead atoms. The van der Waals surface area contributed by atoms with Crippen molar-refractivity contribution < 1.29 is 19.6 Å². The Morgan fingerprint density at radius 1 is 1.07 bits per heavy atom. The minimum Gasteiger partial charge on any atom is -0.350 e. The molecule has 0 heterocycles. The highest BCUT2D eigenvalue weighted by Crippen LogP contribution is 2.21. The zero-order valence-corrected chi connectivity index (χ0v) is 17.7. The maximum absolute atomic E-state index is 13.0. The van der Waals surface area contributed by atoms with Crippen LogP contribution in [0.25, 0.3) is 0 Å². The zero-order valence-electron chi connectivity index (χ0n) is 17.7. The first-order chi connectivity index (χ1) is 12.8. The van der Waals surface area contributed by atoms with E-state index >= 15 is 0 Å². The highest BCUT2D eigenvalue weighted by molar-refractivity contribution is 5.89. The van der Waals surface area contributed by atoms with Crippen molar-refractivity contribution in [1.29, 1.82) is 0 Å². The fourth-order valence-electron chi connectivity index (χ4n) is 2.78. The number of carbonyl (C=O) groups excluding carboxylic acids is 3. The Labute approximate surface area is 167 Å². The Bertz CT molecular complexity index is 662. The predicted molar refractivity (Wildman–Crippen MR) is 107 cm³/mol. The Morgan fingerprint density at radius 3 is 2.11 bits per heavy atom. The number of amides is 3. The maximum Gasteiger partial charge on any atom is 0.243 e. The van der Waals surface area contributed by atoms with E-state index in [1.165, 1.54) is 0 Å². The molecule has 7 nitrogen and oxygen atoms in total. The van der Waals surface area contributed by atoms with Gasteiger partial charge in [0, 0.05) is 5.54 Å². The van der Waals surface area contributed by atoms with E-state index < -0.39 is 28.8 Å². The molecule has 7 heteroatoms. The monoisotopic (exact) mass is 391 g/mol. The summed E-state index contributed by atoms with van der Waals surface area (Å²) in [6.45, 7) is 11.1. The zero-order chi connectivity index (χ0) is 21.5. The van der Waals surface area contributed by atoms with Gasteiger partial charge in [-0.1, -0.05) is 51.1 Å². The van der Waals surface area contributed by atoms with Gasteiger partial charge >= 0.3 is 0 Å². The van der Waals surface area contributed by atoms with Crippen LogP contribution in [-0.4, -0.2) is 46.6 Å². The minimum absolute atomic E-state index is 0.165. The van der Waals surface area contributed by atoms with Crippen molar-refractivity contribution in [3.63, 3.8) is 0 Å². The van der Waals surface area contributed by atoms with Crippen LogP contribution in [0.2, 0.25) is 0 Å². The number of hydrogen-bond donors (Lipinski definition) is 3. The summed E-state index contributed by atoms with van der Waals surface area (Å²) < 4.78 is 0. The van der Waals surface area contributed by atoms with Crippen LogP contribution < -0.4 is 10.6 Å². The molecule has 2 atom stereocenters. The van der Waals surface area contributed by atoms with Crippen molar-refractivity contribution >= 4 is 18.2 Å². The third kappa shape index (κ3) is 8.08. The van der Waals surface area contributed by atoms with Crippen LogP contribution >= 0.6 is 0 Å². The van der Waals surface area contributed by atoms with Crippen LogP contribution in [0.5, 0.6) is 0 Å². The van der Waals surface area contributed by atoms with Gasteiger partial charge in [-0.05, 0) is 38.2 Å². The van der Waals surface area contributed by atoms with Crippen molar-refractivity contribution in [2.45, 2.75) is 59.5 Å². The molecule has 0 aliphatic rings. The van der Waals surface area contributed by atoms with Crippen LogP contribution in [0, 0.1) is 11.3 Å². The van der Waals surface area contributed by atoms with Gasteiger partial charge in [0.25, 0.3) is 0 Å². The smallest absolute Gasteiger partial charge is 0.243 e. The van der Waals surface area contributed by atoms with Crippen LogP contribution in [0.3, 0.4) is 0 Å². The van der Waals surface area contributed by atoms with E-state index in [1.807, 2.05) is 71.9 Å². The quantitative estimate of drug-likeness (QED) is 0.359. The summed E-state index contributed by atoms with van der Waals surface area (Å²) in [5.74, 6) is -1.37. The van der Waals surface area contributed by atoms with Gasteiger partial charge in [-0.15, -0.1) is 0 Å². The average molecular weight is 392 g/mol. The number of hydroxylamine groups is 2. The van der Waals surface area contributed by atoms with Crippen molar-refractivity contribution in [1.82, 2.24) is 15.7 Å². The van der Waals surface area contributed by atoms with Crippen molar-refractivity contribution in [3.8, 4) is 0 Å². The second-order valence-corrected chi connectivity index (χ2v) is 9.16. The number of carbonyl (C=O) groups is 3. The lowest BCUT2D eigenvalue weighted by Crippen LogP contribution is -2.58. The summed E-state index contributed by atoms with van der Waals surface area (Å²) >= 11 is 0. The SMILES string of the molecule is CC(C)(C)NC(=O)[C@@H](NC(=O)C(Cc1ccccc1)CN(O)C=O)C(C)(C)C. The normalized spacial score (nSPS) is 14.0. The largest absolute Gasteiger partial charge is 0.350 e. The van der Waals surface area contributed by atoms with E-state index in [-0.39, 0.29) is 18.9 Å². The van der Waals surface area contributed by atoms with Crippen LogP contribution in [-0.2, 0) is 20.8 Å². The molecule has 0 saturated carbocycles. The van der Waals surface area contributed by atoms with E-state index in [9.17, 15) is 19.6 Å². The molecule has 0 fully saturated rings. The molecular weight excluding hydrogens is 358 g/mol. The van der Waals surface area contributed by atoms with Crippen LogP contribution in [0.15, 0.2) is 30.3 Å². The third-order valence-corrected chi connectivity index (χ3v) is 4.14. The first-order valence-corrected chi connectivity index (χ1v) is 9.40. The Hall–Kier alpha value is -2.41. The summed E-state index contributed by atoms with van der Waals surface area (Å²) in [6, 6.07) is 8.56. The van der Waals surface area contributed by atoms with Crippen molar-refractivity contribution in [2.24, 2.45) is 11.3 Å². The lowest BCUT2D eigenvalue weighted by atomic mass is 9.85. The lowest BCUT2D eigenvalue weighted by molar-refractivity contribution is -0.155. The first kappa shape index (κ1) is 23.6. The Morgan fingerprint density at radius 2 is 1.64 bits per heavy atom.